The van der Waals surface area contributed by atoms with Gasteiger partial charge in [0.2, 0.25) is 5.91 Å². The van der Waals surface area contributed by atoms with E-state index in [4.69, 9.17) is 5.73 Å². The number of hydrogen-bond donors (Lipinski definition) is 1. The third-order valence-electron chi connectivity index (χ3n) is 4.97. The second kappa shape index (κ2) is 8.94. The Morgan fingerprint density at radius 1 is 1.35 bits per heavy atom. The van der Waals surface area contributed by atoms with Crippen LogP contribution in [0.5, 0.6) is 0 Å². The molecule has 1 aliphatic rings. The molecule has 1 amide bonds. The molecule has 3 heterocycles. The van der Waals surface area contributed by atoms with E-state index in [9.17, 15) is 9.59 Å². The fourth-order valence-electron chi connectivity index (χ4n) is 3.03. The maximum absolute atomic E-state index is 12.5. The molecule has 9 heteroatoms. The predicted octanol–water partition coefficient (Wildman–Crippen LogP) is 1.20. The van der Waals surface area contributed by atoms with Crippen molar-refractivity contribution in [2.75, 3.05) is 26.2 Å². The highest BCUT2D eigenvalue weighted by Gasteiger charge is 2.27. The standard InChI is InChI=1S/C17H25N5O2S.ClH/c1-3-12(2)15(18)16(24)21-6-4-20(5-7-21)11-13-10-14(23)22-8-9-25-17(22)19-13;/h8-10,12,15H,3-7,11,18H2,1-2H3;1H. The Morgan fingerprint density at radius 3 is 2.69 bits per heavy atom. The number of thiazole rings is 1. The summed E-state index contributed by atoms with van der Waals surface area (Å²) in [6.07, 6.45) is 2.64. The van der Waals surface area contributed by atoms with Crippen LogP contribution in [0.2, 0.25) is 0 Å². The lowest BCUT2D eigenvalue weighted by molar-refractivity contribution is -0.135. The summed E-state index contributed by atoms with van der Waals surface area (Å²) in [7, 11) is 0. The van der Waals surface area contributed by atoms with Gasteiger partial charge < -0.3 is 10.6 Å². The predicted molar refractivity (Wildman–Crippen MR) is 106 cm³/mol. The number of nitrogens with two attached hydrogens (primary N) is 1. The molecule has 2 aromatic heterocycles. The van der Waals surface area contributed by atoms with Crippen LogP contribution in [0.25, 0.3) is 4.96 Å². The molecular weight excluding hydrogens is 374 g/mol. The minimum Gasteiger partial charge on any atom is -0.339 e. The van der Waals surface area contributed by atoms with Crippen LogP contribution < -0.4 is 11.3 Å². The first-order valence-electron chi connectivity index (χ1n) is 8.72. The van der Waals surface area contributed by atoms with E-state index in [0.29, 0.717) is 19.6 Å². The van der Waals surface area contributed by atoms with Crippen molar-refractivity contribution >= 4 is 34.6 Å². The number of rotatable bonds is 5. The molecule has 1 aliphatic heterocycles. The molecule has 0 saturated carbocycles. The molecule has 144 valence electrons. The van der Waals surface area contributed by atoms with Gasteiger partial charge in [-0.25, -0.2) is 4.98 Å². The maximum Gasteiger partial charge on any atom is 0.258 e. The van der Waals surface area contributed by atoms with Gasteiger partial charge in [-0.1, -0.05) is 20.3 Å². The Balaban J connectivity index is 0.00000243. The highest BCUT2D eigenvalue weighted by Crippen LogP contribution is 2.13. The number of aromatic nitrogens is 2. The van der Waals surface area contributed by atoms with Gasteiger partial charge in [-0.3, -0.25) is 18.9 Å². The first-order valence-corrected chi connectivity index (χ1v) is 9.60. The Bertz CT molecular complexity index is 800. The van der Waals surface area contributed by atoms with Crippen molar-refractivity contribution in [2.24, 2.45) is 11.7 Å². The highest BCUT2D eigenvalue weighted by molar-refractivity contribution is 7.15. The molecule has 2 atom stereocenters. The molecule has 0 radical (unpaired) electrons. The molecule has 2 aromatic rings. The maximum atomic E-state index is 12.5. The SMILES string of the molecule is CCC(C)C(N)C(=O)N1CCN(Cc2cc(=O)n3ccsc3n2)CC1.Cl. The van der Waals surface area contributed by atoms with E-state index >= 15 is 0 Å². The Hall–Kier alpha value is -1.48. The van der Waals surface area contributed by atoms with E-state index in [-0.39, 0.29) is 29.8 Å². The van der Waals surface area contributed by atoms with Crippen LogP contribution in [-0.4, -0.2) is 57.3 Å². The van der Waals surface area contributed by atoms with Gasteiger partial charge in [-0.2, -0.15) is 0 Å². The second-order valence-electron chi connectivity index (χ2n) is 6.65. The van der Waals surface area contributed by atoms with Crippen LogP contribution in [0.15, 0.2) is 22.4 Å². The fraction of sp³-hybridized carbons (Fsp3) is 0.588. The number of fused-ring (bicyclic) bond motifs is 1. The molecule has 7 nitrogen and oxygen atoms in total. The zero-order valence-corrected chi connectivity index (χ0v) is 16.8. The lowest BCUT2D eigenvalue weighted by Crippen LogP contribution is -2.54. The zero-order chi connectivity index (χ0) is 18.0. The van der Waals surface area contributed by atoms with Gasteiger partial charge in [-0.05, 0) is 5.92 Å². The van der Waals surface area contributed by atoms with Crippen molar-refractivity contribution in [1.82, 2.24) is 19.2 Å². The van der Waals surface area contributed by atoms with Gasteiger partial charge in [0.15, 0.2) is 4.96 Å². The molecule has 1 fully saturated rings. The third-order valence-corrected chi connectivity index (χ3v) is 5.72. The summed E-state index contributed by atoms with van der Waals surface area (Å²) in [5.41, 5.74) is 6.80. The van der Waals surface area contributed by atoms with Gasteiger partial charge in [0.05, 0.1) is 11.7 Å². The first kappa shape index (κ1) is 20.8. The van der Waals surface area contributed by atoms with Crippen molar-refractivity contribution < 1.29 is 4.79 Å². The first-order chi connectivity index (χ1) is 12.0. The highest BCUT2D eigenvalue weighted by atomic mass is 35.5. The average molecular weight is 400 g/mol. The number of halogens is 1. The Labute approximate surface area is 163 Å². The Morgan fingerprint density at radius 2 is 2.04 bits per heavy atom. The summed E-state index contributed by atoms with van der Waals surface area (Å²) in [4.78, 5) is 33.9. The number of carbonyl (C=O) groups excluding carboxylic acids is 1. The summed E-state index contributed by atoms with van der Waals surface area (Å²) in [5, 5.41) is 1.86. The second-order valence-corrected chi connectivity index (χ2v) is 7.53. The van der Waals surface area contributed by atoms with Gasteiger partial charge in [0, 0.05) is 50.4 Å². The summed E-state index contributed by atoms with van der Waals surface area (Å²) >= 11 is 1.46. The molecule has 0 bridgehead atoms. The fourth-order valence-corrected chi connectivity index (χ4v) is 3.77. The lowest BCUT2D eigenvalue weighted by Gasteiger charge is -2.36. The topological polar surface area (TPSA) is 83.9 Å². The molecule has 2 unspecified atom stereocenters. The number of carbonyl (C=O) groups is 1. The van der Waals surface area contributed by atoms with Gasteiger partial charge in [-0.15, -0.1) is 23.7 Å². The molecule has 1 saturated heterocycles. The van der Waals surface area contributed by atoms with E-state index in [0.717, 1.165) is 30.2 Å². The number of piperazine rings is 1. The Kier molecular flexibility index (Phi) is 7.16. The van der Waals surface area contributed by atoms with Crippen LogP contribution in [0.3, 0.4) is 0 Å². The molecule has 3 rings (SSSR count). The molecule has 0 aliphatic carbocycles. The molecule has 0 aromatic carbocycles. The lowest BCUT2D eigenvalue weighted by atomic mass is 9.98. The van der Waals surface area contributed by atoms with E-state index in [1.165, 1.54) is 11.3 Å². The molecule has 26 heavy (non-hydrogen) atoms. The van der Waals surface area contributed by atoms with Crippen molar-refractivity contribution in [3.63, 3.8) is 0 Å². The van der Waals surface area contributed by atoms with Gasteiger partial charge >= 0.3 is 0 Å². The van der Waals surface area contributed by atoms with Crippen LogP contribution in [0, 0.1) is 5.92 Å². The van der Waals surface area contributed by atoms with E-state index < -0.39 is 6.04 Å². The molecule has 0 spiro atoms. The van der Waals surface area contributed by atoms with E-state index in [2.05, 4.69) is 16.8 Å². The smallest absolute Gasteiger partial charge is 0.258 e. The molecular formula is C17H26ClN5O2S. The number of amides is 1. The summed E-state index contributed by atoms with van der Waals surface area (Å²) < 4.78 is 1.56. The summed E-state index contributed by atoms with van der Waals surface area (Å²) in [6.45, 7) is 7.57. The van der Waals surface area contributed by atoms with Crippen LogP contribution in [-0.2, 0) is 11.3 Å². The zero-order valence-electron chi connectivity index (χ0n) is 15.1. The van der Waals surface area contributed by atoms with Crippen LogP contribution >= 0.6 is 23.7 Å². The van der Waals surface area contributed by atoms with Crippen LogP contribution in [0.4, 0.5) is 0 Å². The number of hydrogen-bond acceptors (Lipinski definition) is 6. The van der Waals surface area contributed by atoms with Crippen molar-refractivity contribution in [3.05, 3.63) is 33.7 Å². The normalized spacial score (nSPS) is 17.7. The summed E-state index contributed by atoms with van der Waals surface area (Å²) in [5.74, 6) is 0.241. The summed E-state index contributed by atoms with van der Waals surface area (Å²) in [6, 6.07) is 1.18. The number of nitrogens with zero attached hydrogens (tertiary/aromatic N) is 4. The largest absolute Gasteiger partial charge is 0.339 e. The third kappa shape index (κ3) is 4.43. The van der Waals surface area contributed by atoms with E-state index in [1.54, 1.807) is 16.7 Å². The molecule has 2 N–H and O–H groups in total. The van der Waals surface area contributed by atoms with Crippen molar-refractivity contribution in [2.45, 2.75) is 32.9 Å². The van der Waals surface area contributed by atoms with Crippen molar-refractivity contribution in [1.29, 1.82) is 0 Å². The minimum absolute atomic E-state index is 0. The van der Waals surface area contributed by atoms with E-state index in [1.807, 2.05) is 17.2 Å². The monoisotopic (exact) mass is 399 g/mol. The minimum atomic E-state index is -0.417. The van der Waals surface area contributed by atoms with Gasteiger partial charge in [0.25, 0.3) is 5.56 Å². The quantitative estimate of drug-likeness (QED) is 0.816. The van der Waals surface area contributed by atoms with Crippen LogP contribution in [0.1, 0.15) is 26.0 Å². The van der Waals surface area contributed by atoms with Gasteiger partial charge in [0.1, 0.15) is 0 Å². The van der Waals surface area contributed by atoms with Crippen molar-refractivity contribution in [3.8, 4) is 0 Å². The average Bonchev–Trinajstić information content (AvgIpc) is 3.09.